The molecule has 0 aliphatic heterocycles. The summed E-state index contributed by atoms with van der Waals surface area (Å²) in [4.78, 5) is 0. The van der Waals surface area contributed by atoms with Crippen LogP contribution in [0.2, 0.25) is 6.04 Å². The van der Waals surface area contributed by atoms with Crippen LogP contribution >= 0.6 is 0 Å². The Balaban J connectivity index is 4.35. The maximum atomic E-state index is 6.12. The molecule has 0 aromatic carbocycles. The molecule has 0 aromatic rings. The number of unbranched alkanes of at least 4 members (excludes halogenated alkanes) is 18. The maximum absolute atomic E-state index is 6.12. The molecule has 0 fully saturated rings. The molecule has 0 rings (SSSR count). The lowest BCUT2D eigenvalue weighted by Crippen LogP contribution is -2.45. The second kappa shape index (κ2) is 30.1. The van der Waals surface area contributed by atoms with E-state index in [1.54, 1.807) is 0 Å². The molecule has 0 N–H and O–H groups in total. The van der Waals surface area contributed by atoms with Crippen molar-refractivity contribution >= 4 is 8.80 Å². The molecule has 0 atom stereocenters. The van der Waals surface area contributed by atoms with Gasteiger partial charge in [-0.25, -0.2) is 0 Å². The number of rotatable bonds is 32. The Labute approximate surface area is 242 Å². The average Bonchev–Trinajstić information content (AvgIpc) is 2.91. The second-order valence-electron chi connectivity index (χ2n) is 11.7. The molecule has 0 spiro atoms. The fourth-order valence-corrected chi connectivity index (χ4v) is 8.52. The largest absolute Gasteiger partial charge is 0.500 e. The van der Waals surface area contributed by atoms with Gasteiger partial charge in [0.2, 0.25) is 0 Å². The van der Waals surface area contributed by atoms with Gasteiger partial charge in [-0.2, -0.15) is 0 Å². The third-order valence-electron chi connectivity index (χ3n) is 8.12. The molecule has 0 amide bonds. The Kier molecular flexibility index (Phi) is 30.1. The Morgan fingerprint density at radius 2 is 0.658 bits per heavy atom. The molecule has 0 saturated carbocycles. The molecule has 0 unspecified atom stereocenters. The molecule has 0 heterocycles. The van der Waals surface area contributed by atoms with Crippen LogP contribution in [0.15, 0.2) is 0 Å². The molecule has 0 radical (unpaired) electrons. The number of hydrogen-bond acceptors (Lipinski definition) is 3. The van der Waals surface area contributed by atoms with E-state index in [0.29, 0.717) is 19.8 Å². The van der Waals surface area contributed by atoms with E-state index in [1.165, 1.54) is 154 Å². The molecule has 38 heavy (non-hydrogen) atoms. The maximum Gasteiger partial charge on any atom is 0.500 e. The highest BCUT2D eigenvalue weighted by Gasteiger charge is 2.39. The summed E-state index contributed by atoms with van der Waals surface area (Å²) in [5.74, 6) is 0.870. The van der Waals surface area contributed by atoms with Crippen molar-refractivity contribution in [1.29, 1.82) is 0 Å². The van der Waals surface area contributed by atoms with Crippen LogP contribution in [0.4, 0.5) is 0 Å². The second-order valence-corrected chi connectivity index (χ2v) is 14.4. The Hall–Kier alpha value is 0.0969. The predicted molar refractivity (Wildman–Crippen MR) is 171 cm³/mol. The zero-order valence-corrected chi connectivity index (χ0v) is 28.1. The highest BCUT2D eigenvalue weighted by molar-refractivity contribution is 6.60. The van der Waals surface area contributed by atoms with Gasteiger partial charge in [-0.1, -0.05) is 162 Å². The van der Waals surface area contributed by atoms with E-state index in [1.807, 2.05) is 0 Å². The van der Waals surface area contributed by atoms with Gasteiger partial charge in [-0.15, -0.1) is 0 Å². The standard InChI is InChI=1S/C34H72O3Si/c1-6-11-13-15-17-19-21-23-25-27-30-34(31-28-26-24-22-20-18-16-14-12-7-2)32-29-33-38(35-8-3,36-9-4)37-10-5/h34H,6-33H2,1-5H3. The van der Waals surface area contributed by atoms with Crippen molar-refractivity contribution < 1.29 is 13.3 Å². The van der Waals surface area contributed by atoms with Gasteiger partial charge >= 0.3 is 8.80 Å². The molecule has 0 aromatic heterocycles. The minimum atomic E-state index is -2.49. The van der Waals surface area contributed by atoms with E-state index in [9.17, 15) is 0 Å². The smallest absolute Gasteiger partial charge is 0.374 e. The van der Waals surface area contributed by atoms with Crippen LogP contribution in [0, 0.1) is 5.92 Å². The highest BCUT2D eigenvalue weighted by atomic mass is 28.4. The molecule has 0 aliphatic carbocycles. The van der Waals surface area contributed by atoms with E-state index in [4.69, 9.17) is 13.3 Å². The Morgan fingerprint density at radius 1 is 0.368 bits per heavy atom. The summed E-state index contributed by atoms with van der Waals surface area (Å²) < 4.78 is 18.4. The fourth-order valence-electron chi connectivity index (χ4n) is 5.88. The zero-order valence-electron chi connectivity index (χ0n) is 27.1. The summed E-state index contributed by atoms with van der Waals surface area (Å²) in [7, 11) is -2.49. The van der Waals surface area contributed by atoms with Crippen LogP contribution in [0.25, 0.3) is 0 Å². The van der Waals surface area contributed by atoms with Gasteiger partial charge in [0.1, 0.15) is 0 Å². The van der Waals surface area contributed by atoms with Gasteiger partial charge in [0.05, 0.1) is 0 Å². The molecule has 3 nitrogen and oxygen atoms in total. The van der Waals surface area contributed by atoms with Crippen molar-refractivity contribution in [3.63, 3.8) is 0 Å². The van der Waals surface area contributed by atoms with Crippen LogP contribution in [0.3, 0.4) is 0 Å². The van der Waals surface area contributed by atoms with E-state index in [-0.39, 0.29) is 0 Å². The van der Waals surface area contributed by atoms with Crippen LogP contribution in [0.5, 0.6) is 0 Å². The van der Waals surface area contributed by atoms with Gasteiger partial charge in [-0.3, -0.25) is 0 Å². The van der Waals surface area contributed by atoms with Crippen LogP contribution in [-0.2, 0) is 13.3 Å². The van der Waals surface area contributed by atoms with Crippen molar-refractivity contribution in [2.75, 3.05) is 19.8 Å². The first-order chi connectivity index (χ1) is 18.7. The van der Waals surface area contributed by atoms with E-state index < -0.39 is 8.80 Å². The van der Waals surface area contributed by atoms with Crippen molar-refractivity contribution in [2.45, 2.75) is 195 Å². The Bertz CT molecular complexity index is 404. The molecular weight excluding hydrogens is 484 g/mol. The topological polar surface area (TPSA) is 27.7 Å². The van der Waals surface area contributed by atoms with Crippen molar-refractivity contribution in [2.24, 2.45) is 5.92 Å². The Morgan fingerprint density at radius 3 is 0.974 bits per heavy atom. The minimum Gasteiger partial charge on any atom is -0.374 e. The summed E-state index contributed by atoms with van der Waals surface area (Å²) in [6.07, 6.45) is 33.9. The molecular formula is C34H72O3Si. The summed E-state index contributed by atoms with van der Waals surface area (Å²) in [6.45, 7) is 12.9. The van der Waals surface area contributed by atoms with Crippen molar-refractivity contribution in [3.05, 3.63) is 0 Å². The highest BCUT2D eigenvalue weighted by Crippen LogP contribution is 2.27. The molecule has 0 aliphatic rings. The van der Waals surface area contributed by atoms with E-state index >= 15 is 0 Å². The summed E-state index contributed by atoms with van der Waals surface area (Å²) >= 11 is 0. The monoisotopic (exact) mass is 557 g/mol. The van der Waals surface area contributed by atoms with Crippen molar-refractivity contribution in [1.82, 2.24) is 0 Å². The summed E-state index contributed by atoms with van der Waals surface area (Å²) in [5, 5.41) is 0. The molecule has 4 heteroatoms. The summed E-state index contributed by atoms with van der Waals surface area (Å²) in [6, 6.07) is 0.981. The van der Waals surface area contributed by atoms with Gasteiger partial charge in [0.15, 0.2) is 0 Å². The van der Waals surface area contributed by atoms with Crippen molar-refractivity contribution in [3.8, 4) is 0 Å². The van der Waals surface area contributed by atoms with Gasteiger partial charge in [0, 0.05) is 25.9 Å². The van der Waals surface area contributed by atoms with Gasteiger partial charge < -0.3 is 13.3 Å². The lowest BCUT2D eigenvalue weighted by atomic mass is 9.90. The first kappa shape index (κ1) is 38.1. The summed E-state index contributed by atoms with van der Waals surface area (Å²) in [5.41, 5.74) is 0. The van der Waals surface area contributed by atoms with E-state index in [0.717, 1.165) is 12.0 Å². The quantitative estimate of drug-likeness (QED) is 0.0609. The minimum absolute atomic E-state index is 0.687. The molecule has 0 bridgehead atoms. The lowest BCUT2D eigenvalue weighted by Gasteiger charge is -2.29. The first-order valence-corrected chi connectivity index (χ1v) is 19.5. The lowest BCUT2D eigenvalue weighted by molar-refractivity contribution is 0.0702. The van der Waals surface area contributed by atoms with Gasteiger partial charge in [-0.05, 0) is 33.1 Å². The van der Waals surface area contributed by atoms with E-state index in [2.05, 4.69) is 34.6 Å². The van der Waals surface area contributed by atoms with Crippen LogP contribution < -0.4 is 0 Å². The van der Waals surface area contributed by atoms with Crippen LogP contribution in [0.1, 0.15) is 189 Å². The normalized spacial score (nSPS) is 12.2. The van der Waals surface area contributed by atoms with Crippen LogP contribution in [-0.4, -0.2) is 28.6 Å². The average molecular weight is 557 g/mol. The zero-order chi connectivity index (χ0) is 28.0. The number of hydrogen-bond donors (Lipinski definition) is 0. The predicted octanol–water partition coefficient (Wildman–Crippen LogP) is 12.1. The fraction of sp³-hybridized carbons (Fsp3) is 1.00. The van der Waals surface area contributed by atoms with Gasteiger partial charge in [0.25, 0.3) is 0 Å². The molecule has 230 valence electrons. The third-order valence-corrected chi connectivity index (χ3v) is 11.3. The third kappa shape index (κ3) is 23.9. The first-order valence-electron chi connectivity index (χ1n) is 17.6. The molecule has 0 saturated heterocycles. The SMILES string of the molecule is CCCCCCCCCCCCC(CCCCCCCCCCCC)CCC[Si](OCC)(OCC)OCC.